The smallest absolute Gasteiger partial charge is 0.324 e. The van der Waals surface area contributed by atoms with Gasteiger partial charge in [-0.05, 0) is 25.1 Å². The fourth-order valence-electron chi connectivity index (χ4n) is 1.28. The molecule has 0 aliphatic carbocycles. The lowest BCUT2D eigenvalue weighted by atomic mass is 10.3. The lowest BCUT2D eigenvalue weighted by Gasteiger charge is -2.15. The molecule has 0 aromatic carbocycles. The summed E-state index contributed by atoms with van der Waals surface area (Å²) in [7, 11) is 0. The Balaban J connectivity index is 2.74. The molecule has 0 atom stereocenters. The molecule has 1 heterocycles. The highest BCUT2D eigenvalue weighted by atomic mass is 16.2. The normalized spacial score (nSPS) is 10.2. The minimum Gasteiger partial charge on any atom is -0.338 e. The van der Waals surface area contributed by atoms with Crippen LogP contribution >= 0.6 is 0 Å². The lowest BCUT2D eigenvalue weighted by Crippen LogP contribution is -2.43. The Morgan fingerprint density at radius 1 is 1.47 bits per heavy atom. The minimum absolute atomic E-state index is 0.366. The van der Waals surface area contributed by atoms with Crippen molar-refractivity contribution >= 4 is 24.3 Å². The van der Waals surface area contributed by atoms with Gasteiger partial charge in [0.2, 0.25) is 6.29 Å². The van der Waals surface area contributed by atoms with E-state index in [1.807, 2.05) is 0 Å². The van der Waals surface area contributed by atoms with E-state index in [-0.39, 0.29) is 0 Å². The highest BCUT2D eigenvalue weighted by Gasteiger charge is 2.18. The van der Waals surface area contributed by atoms with E-state index < -0.39 is 18.5 Å². The number of rotatable bonds is 5. The van der Waals surface area contributed by atoms with Crippen LogP contribution in [0, 0.1) is 0 Å². The number of carbonyl (C=O) groups excluding carboxylic acids is 3. The molecule has 19 heavy (non-hydrogen) atoms. The second kappa shape index (κ2) is 7.75. The number of amides is 3. The SMILES string of the molecule is CCNC(=O)N(C[C]=O)C(=O)C=Cc1ccccn1. The van der Waals surface area contributed by atoms with E-state index in [9.17, 15) is 14.4 Å². The van der Waals surface area contributed by atoms with Crippen LogP contribution in [-0.2, 0) is 9.59 Å². The van der Waals surface area contributed by atoms with Gasteiger partial charge in [-0.1, -0.05) is 6.07 Å². The number of aromatic nitrogens is 1. The number of urea groups is 1. The molecule has 99 valence electrons. The Hall–Kier alpha value is -2.50. The molecule has 1 aromatic heterocycles. The highest BCUT2D eigenvalue weighted by Crippen LogP contribution is 1.99. The van der Waals surface area contributed by atoms with E-state index in [0.717, 1.165) is 4.90 Å². The van der Waals surface area contributed by atoms with E-state index in [2.05, 4.69) is 10.3 Å². The van der Waals surface area contributed by atoms with E-state index in [1.54, 1.807) is 31.3 Å². The standard InChI is InChI=1S/C13H14N3O3/c1-2-14-13(19)16(9-10-17)12(18)7-6-11-5-3-4-8-15-11/h3-8H,2,9H2,1H3,(H,14,19). The molecule has 6 nitrogen and oxygen atoms in total. The molecule has 0 fully saturated rings. The zero-order valence-corrected chi connectivity index (χ0v) is 10.5. The monoisotopic (exact) mass is 260 g/mol. The molecule has 1 rings (SSSR count). The summed E-state index contributed by atoms with van der Waals surface area (Å²) in [6.45, 7) is 1.68. The molecule has 1 N–H and O–H groups in total. The Labute approximate surface area is 111 Å². The van der Waals surface area contributed by atoms with Gasteiger partial charge in [-0.15, -0.1) is 0 Å². The summed E-state index contributed by atoms with van der Waals surface area (Å²) in [6, 6.07) is 4.62. The predicted molar refractivity (Wildman–Crippen MR) is 69.8 cm³/mol. The largest absolute Gasteiger partial charge is 0.338 e. The zero-order chi connectivity index (χ0) is 14.1. The quantitative estimate of drug-likeness (QED) is 0.793. The van der Waals surface area contributed by atoms with Crippen LogP contribution in [0.2, 0.25) is 0 Å². The van der Waals surface area contributed by atoms with Crippen molar-refractivity contribution in [2.45, 2.75) is 6.92 Å². The van der Waals surface area contributed by atoms with Gasteiger partial charge in [0.15, 0.2) is 0 Å². The summed E-state index contributed by atoms with van der Waals surface area (Å²) < 4.78 is 0. The van der Waals surface area contributed by atoms with Gasteiger partial charge in [0.25, 0.3) is 5.91 Å². The van der Waals surface area contributed by atoms with Crippen LogP contribution in [0.3, 0.4) is 0 Å². The first-order chi connectivity index (χ1) is 9.19. The summed E-state index contributed by atoms with van der Waals surface area (Å²) in [5.74, 6) is -0.597. The maximum atomic E-state index is 11.8. The Morgan fingerprint density at radius 2 is 2.26 bits per heavy atom. The summed E-state index contributed by atoms with van der Waals surface area (Å²) in [5, 5.41) is 2.45. The molecule has 3 amide bonds. The second-order valence-corrected chi connectivity index (χ2v) is 3.49. The van der Waals surface area contributed by atoms with Crippen molar-refractivity contribution < 1.29 is 14.4 Å². The van der Waals surface area contributed by atoms with Gasteiger partial charge >= 0.3 is 6.03 Å². The lowest BCUT2D eigenvalue weighted by molar-refractivity contribution is -0.122. The van der Waals surface area contributed by atoms with Crippen molar-refractivity contribution in [3.05, 3.63) is 36.2 Å². The molecule has 1 aromatic rings. The van der Waals surface area contributed by atoms with Crippen molar-refractivity contribution in [3.63, 3.8) is 0 Å². The number of imide groups is 1. The first-order valence-electron chi connectivity index (χ1n) is 5.72. The van der Waals surface area contributed by atoms with Crippen LogP contribution < -0.4 is 5.32 Å². The summed E-state index contributed by atoms with van der Waals surface area (Å²) >= 11 is 0. The summed E-state index contributed by atoms with van der Waals surface area (Å²) in [5.41, 5.74) is 0.585. The number of nitrogens with one attached hydrogen (secondary N) is 1. The van der Waals surface area contributed by atoms with Crippen molar-refractivity contribution in [1.29, 1.82) is 0 Å². The van der Waals surface area contributed by atoms with Crippen LogP contribution in [0.15, 0.2) is 30.5 Å². The fourth-order valence-corrected chi connectivity index (χ4v) is 1.28. The maximum absolute atomic E-state index is 11.8. The number of nitrogens with zero attached hydrogens (tertiary/aromatic N) is 2. The zero-order valence-electron chi connectivity index (χ0n) is 10.5. The van der Waals surface area contributed by atoms with Crippen LogP contribution in [0.1, 0.15) is 12.6 Å². The molecule has 0 bridgehead atoms. The van der Waals surface area contributed by atoms with Gasteiger partial charge < -0.3 is 5.32 Å². The maximum Gasteiger partial charge on any atom is 0.324 e. The molecule has 6 heteroatoms. The fraction of sp³-hybridized carbons (Fsp3) is 0.231. The summed E-state index contributed by atoms with van der Waals surface area (Å²) in [4.78, 5) is 38.5. The Morgan fingerprint density at radius 3 is 2.84 bits per heavy atom. The van der Waals surface area contributed by atoms with Crippen LogP contribution in [0.4, 0.5) is 4.79 Å². The molecule has 0 unspecified atom stereocenters. The second-order valence-electron chi connectivity index (χ2n) is 3.49. The predicted octanol–water partition coefficient (Wildman–Crippen LogP) is 0.763. The first-order valence-corrected chi connectivity index (χ1v) is 5.72. The van der Waals surface area contributed by atoms with Crippen molar-refractivity contribution in [2.75, 3.05) is 13.1 Å². The van der Waals surface area contributed by atoms with Gasteiger partial charge in [-0.25, -0.2) is 4.79 Å². The Kier molecular flexibility index (Phi) is 5.94. The first kappa shape index (κ1) is 14.6. The average Bonchev–Trinajstić information content (AvgIpc) is 2.43. The molecule has 0 aliphatic heterocycles. The third kappa shape index (κ3) is 4.71. The van der Waals surface area contributed by atoms with Crippen molar-refractivity contribution in [3.8, 4) is 0 Å². The highest BCUT2D eigenvalue weighted by molar-refractivity contribution is 6.03. The van der Waals surface area contributed by atoms with Gasteiger partial charge in [0.05, 0.1) is 12.2 Å². The number of hydrogen-bond acceptors (Lipinski definition) is 4. The average molecular weight is 260 g/mol. The van der Waals surface area contributed by atoms with E-state index in [0.29, 0.717) is 12.2 Å². The number of pyridine rings is 1. The molecule has 0 spiro atoms. The van der Waals surface area contributed by atoms with Crippen LogP contribution in [-0.4, -0.2) is 41.2 Å². The molecule has 1 radical (unpaired) electrons. The molecule has 0 saturated heterocycles. The van der Waals surface area contributed by atoms with Gasteiger partial charge in [0.1, 0.15) is 0 Å². The van der Waals surface area contributed by atoms with Gasteiger partial charge in [0, 0.05) is 18.8 Å². The van der Waals surface area contributed by atoms with E-state index in [4.69, 9.17) is 0 Å². The third-order valence-corrected chi connectivity index (χ3v) is 2.15. The van der Waals surface area contributed by atoms with Crippen molar-refractivity contribution in [2.24, 2.45) is 0 Å². The molecular formula is C13H14N3O3. The van der Waals surface area contributed by atoms with Crippen LogP contribution in [0.5, 0.6) is 0 Å². The molecular weight excluding hydrogens is 246 g/mol. The number of hydrogen-bond donors (Lipinski definition) is 1. The van der Waals surface area contributed by atoms with E-state index >= 15 is 0 Å². The van der Waals surface area contributed by atoms with E-state index in [1.165, 1.54) is 18.4 Å². The Bertz CT molecular complexity index is 471. The van der Waals surface area contributed by atoms with Gasteiger partial charge in [-0.2, -0.15) is 0 Å². The molecule has 0 aliphatic rings. The van der Waals surface area contributed by atoms with Crippen LogP contribution in [0.25, 0.3) is 6.08 Å². The number of carbonyl (C=O) groups is 2. The minimum atomic E-state index is -0.624. The molecule has 0 saturated carbocycles. The summed E-state index contributed by atoms with van der Waals surface area (Å²) in [6.07, 6.45) is 5.78. The third-order valence-electron chi connectivity index (χ3n) is 2.15. The van der Waals surface area contributed by atoms with Gasteiger partial charge in [-0.3, -0.25) is 19.5 Å². The topological polar surface area (TPSA) is 79.4 Å². The van der Waals surface area contributed by atoms with Crippen molar-refractivity contribution in [1.82, 2.24) is 15.2 Å².